The first-order valence-electron chi connectivity index (χ1n) is 37.9. The molecule has 0 N–H and O–H groups in total. The average molecular weight is 1430 g/mol. The molecule has 0 amide bonds. The van der Waals surface area contributed by atoms with Crippen LogP contribution in [0.1, 0.15) is 0 Å². The monoisotopic (exact) mass is 1430 g/mol. The summed E-state index contributed by atoms with van der Waals surface area (Å²) in [6.45, 7) is 0. The maximum atomic E-state index is 5.08. The predicted molar refractivity (Wildman–Crippen MR) is 463 cm³/mol. The molecule has 0 aliphatic heterocycles. The molecule has 9 heteroatoms. The fourth-order valence-corrected chi connectivity index (χ4v) is 16.6. The zero-order valence-corrected chi connectivity index (χ0v) is 60.7. The highest BCUT2D eigenvalue weighted by Crippen LogP contribution is 2.46. The number of para-hydroxylation sites is 4. The van der Waals surface area contributed by atoms with Gasteiger partial charge in [-0.05, 0) is 138 Å². The molecule has 0 unspecified atom stereocenters. The van der Waals surface area contributed by atoms with Crippen molar-refractivity contribution < 1.29 is 0 Å². The molecular weight excluding hydrogens is 1360 g/mol. The van der Waals surface area contributed by atoms with Gasteiger partial charge in [-0.25, -0.2) is 24.9 Å². The van der Waals surface area contributed by atoms with Crippen molar-refractivity contribution in [2.75, 3.05) is 0 Å². The first kappa shape index (κ1) is 65.1. The first-order chi connectivity index (χ1) is 55.6. The Labute approximate surface area is 645 Å². The summed E-state index contributed by atoms with van der Waals surface area (Å²) in [5, 5.41) is 9.94. The number of aromatic nitrogens is 9. The van der Waals surface area contributed by atoms with Gasteiger partial charge in [0.1, 0.15) is 0 Å². The fourth-order valence-electron chi connectivity index (χ4n) is 16.6. The molecule has 9 nitrogen and oxygen atoms in total. The molecule has 6 aromatic heterocycles. The minimum atomic E-state index is 0.637. The van der Waals surface area contributed by atoms with E-state index in [1.807, 2.05) is 84.9 Å². The third-order valence-electron chi connectivity index (χ3n) is 21.7. The van der Waals surface area contributed by atoms with Crippen molar-refractivity contribution >= 4 is 87.2 Å². The van der Waals surface area contributed by atoms with Crippen LogP contribution in [0, 0.1) is 0 Å². The van der Waals surface area contributed by atoms with Crippen LogP contribution in [0.4, 0.5) is 0 Å². The van der Waals surface area contributed by atoms with Crippen molar-refractivity contribution in [2.24, 2.45) is 0 Å². The van der Waals surface area contributed by atoms with Gasteiger partial charge in [-0.15, -0.1) is 0 Å². The molecule has 524 valence electrons. The smallest absolute Gasteiger partial charge is 0.164 e. The van der Waals surface area contributed by atoms with Crippen molar-refractivity contribution in [3.63, 3.8) is 0 Å². The Balaban J connectivity index is 0.000000141. The lowest BCUT2D eigenvalue weighted by atomic mass is 10.0. The number of benzene rings is 16. The second-order valence-electron chi connectivity index (χ2n) is 28.3. The highest BCUT2D eigenvalue weighted by atomic mass is 15.0. The van der Waals surface area contributed by atoms with E-state index in [0.29, 0.717) is 23.3 Å². The number of fused-ring (bicyclic) bond motifs is 14. The van der Waals surface area contributed by atoms with Gasteiger partial charge in [0.2, 0.25) is 0 Å². The van der Waals surface area contributed by atoms with Gasteiger partial charge >= 0.3 is 0 Å². The minimum absolute atomic E-state index is 0.637. The van der Waals surface area contributed by atoms with Crippen LogP contribution in [-0.4, -0.2) is 43.2 Å². The van der Waals surface area contributed by atoms with Crippen LogP contribution in [0.2, 0.25) is 0 Å². The van der Waals surface area contributed by atoms with Gasteiger partial charge < -0.3 is 18.3 Å². The molecule has 0 aliphatic rings. The average Bonchev–Trinajstić information content (AvgIpc) is 1.55. The molecule has 0 atom stereocenters. The summed E-state index contributed by atoms with van der Waals surface area (Å²) < 4.78 is 9.61. The molecule has 22 aromatic rings. The molecule has 0 radical (unpaired) electrons. The molecule has 0 fully saturated rings. The second kappa shape index (κ2) is 27.5. The Morgan fingerprint density at radius 3 is 0.741 bits per heavy atom. The summed E-state index contributed by atoms with van der Waals surface area (Å²) in [5.74, 6) is 2.65. The van der Waals surface area contributed by atoms with E-state index in [-0.39, 0.29) is 0 Å². The van der Waals surface area contributed by atoms with E-state index in [1.54, 1.807) is 0 Å². The Kier molecular flexibility index (Phi) is 16.0. The third-order valence-corrected chi connectivity index (χ3v) is 21.7. The zero-order valence-electron chi connectivity index (χ0n) is 60.7. The van der Waals surface area contributed by atoms with Gasteiger partial charge in [-0.1, -0.05) is 291 Å². The predicted octanol–water partition coefficient (Wildman–Crippen LogP) is 26.1. The lowest BCUT2D eigenvalue weighted by Gasteiger charge is -2.12. The molecule has 0 saturated heterocycles. The van der Waals surface area contributed by atoms with Gasteiger partial charge in [0.15, 0.2) is 23.3 Å². The number of rotatable bonds is 12. The largest absolute Gasteiger partial charge is 0.309 e. The van der Waals surface area contributed by atoms with Crippen LogP contribution < -0.4 is 0 Å². The van der Waals surface area contributed by atoms with Crippen molar-refractivity contribution in [3.8, 4) is 113 Å². The van der Waals surface area contributed by atoms with E-state index in [9.17, 15) is 0 Å². The SMILES string of the molecule is c1ccc(-c2ccc(-n3c4ccccc4c4c5c6ccccc6n(-c6ccc(-c7nc(-c8ccccc8)nc(-c8ccccc8)n7)cc6)c5ccc43)cc2)cc1.c1ccc(-c2cccc(-n3c4ccccc4c4c5c6ccccc6n(-c6ccc(-c7cc(-c8ccccc8)nc(-c8ccccc8)n7)cc6)c5ccc43)c2)cc1. The van der Waals surface area contributed by atoms with Crippen LogP contribution in [-0.2, 0) is 0 Å². The second-order valence-corrected chi connectivity index (χ2v) is 28.3. The van der Waals surface area contributed by atoms with E-state index < -0.39 is 0 Å². The highest BCUT2D eigenvalue weighted by Gasteiger charge is 2.24. The molecule has 0 bridgehead atoms. The summed E-state index contributed by atoms with van der Waals surface area (Å²) in [4.78, 5) is 24.9. The molecule has 0 aliphatic carbocycles. The molecule has 0 saturated carbocycles. The summed E-state index contributed by atoms with van der Waals surface area (Å²) in [6.07, 6.45) is 0. The maximum Gasteiger partial charge on any atom is 0.164 e. The van der Waals surface area contributed by atoms with E-state index in [2.05, 4.69) is 340 Å². The minimum Gasteiger partial charge on any atom is -0.309 e. The molecule has 22 rings (SSSR count). The molecule has 16 aromatic carbocycles. The lowest BCUT2D eigenvalue weighted by molar-refractivity contribution is 1.07. The van der Waals surface area contributed by atoms with Crippen molar-refractivity contribution in [1.82, 2.24) is 43.2 Å². The Morgan fingerprint density at radius 2 is 0.384 bits per heavy atom. The Morgan fingerprint density at radius 1 is 0.143 bits per heavy atom. The fraction of sp³-hybridized carbons (Fsp3) is 0. The number of nitrogens with zero attached hydrogens (tertiary/aromatic N) is 9. The lowest BCUT2D eigenvalue weighted by Crippen LogP contribution is -2.00. The highest BCUT2D eigenvalue weighted by molar-refractivity contribution is 6.30. The van der Waals surface area contributed by atoms with E-state index in [4.69, 9.17) is 24.9 Å². The van der Waals surface area contributed by atoms with Crippen LogP contribution in [0.25, 0.3) is 200 Å². The summed E-state index contributed by atoms with van der Waals surface area (Å²) in [7, 11) is 0. The summed E-state index contributed by atoms with van der Waals surface area (Å²) in [5.41, 5.74) is 26.4. The van der Waals surface area contributed by atoms with Crippen molar-refractivity contribution in [2.45, 2.75) is 0 Å². The van der Waals surface area contributed by atoms with Crippen molar-refractivity contribution in [3.05, 3.63) is 406 Å². The van der Waals surface area contributed by atoms with Crippen LogP contribution in [0.15, 0.2) is 406 Å². The van der Waals surface area contributed by atoms with Gasteiger partial charge in [-0.2, -0.15) is 0 Å². The Bertz CT molecular complexity index is 7180. The Hall–Kier alpha value is -15.2. The number of hydrogen-bond acceptors (Lipinski definition) is 5. The zero-order chi connectivity index (χ0) is 74.0. The van der Waals surface area contributed by atoms with Crippen LogP contribution in [0.5, 0.6) is 0 Å². The molecule has 6 heterocycles. The van der Waals surface area contributed by atoms with Gasteiger partial charge in [0.05, 0.1) is 55.5 Å². The third kappa shape index (κ3) is 11.4. The van der Waals surface area contributed by atoms with E-state index >= 15 is 0 Å². The molecule has 0 spiro atoms. The van der Waals surface area contributed by atoms with E-state index in [1.165, 1.54) is 98.4 Å². The van der Waals surface area contributed by atoms with Gasteiger partial charge in [0.25, 0.3) is 0 Å². The van der Waals surface area contributed by atoms with Crippen LogP contribution >= 0.6 is 0 Å². The molecule has 112 heavy (non-hydrogen) atoms. The van der Waals surface area contributed by atoms with Gasteiger partial charge in [0, 0.05) is 99.2 Å². The van der Waals surface area contributed by atoms with Crippen molar-refractivity contribution in [1.29, 1.82) is 0 Å². The van der Waals surface area contributed by atoms with Crippen LogP contribution in [0.3, 0.4) is 0 Å². The first-order valence-corrected chi connectivity index (χ1v) is 37.9. The van der Waals surface area contributed by atoms with E-state index in [0.717, 1.165) is 78.6 Å². The quantitative estimate of drug-likeness (QED) is 0.122. The summed E-state index contributed by atoms with van der Waals surface area (Å²) >= 11 is 0. The topological polar surface area (TPSA) is 84.2 Å². The van der Waals surface area contributed by atoms with Gasteiger partial charge in [-0.3, -0.25) is 0 Å². The summed E-state index contributed by atoms with van der Waals surface area (Å²) in [6, 6.07) is 144. The standard InChI is InChI=1S/C52H34N4.C51H33N5/c1-4-15-35(16-5-1)39-21-14-22-41(33-39)56-47-26-13-11-24-43(47)51-49(56)32-31-48-50(51)42-23-10-12-25-46(42)55(48)40-29-27-37(28-30-40)45-34-44(36-17-6-2-7-18-36)53-52(54-45)38-19-8-3-9-20-38;1-4-14-34(15-5-1)35-24-28-39(29-25-35)55-43-22-12-10-20-41(43)47-45(55)32-33-46-48(47)42-21-11-13-23-44(42)56(46)40-30-26-38(27-31-40)51-53-49(36-16-6-2-7-17-36)52-50(54-51)37-18-8-3-9-19-37/h1-34H;1-33H. The maximum absolute atomic E-state index is 5.08. The molecular formula is C103H67N9. The number of hydrogen-bond donors (Lipinski definition) is 0. The normalized spacial score (nSPS) is 11.6.